The van der Waals surface area contributed by atoms with Crippen molar-refractivity contribution < 1.29 is 0 Å². The van der Waals surface area contributed by atoms with Gasteiger partial charge < -0.3 is 11.1 Å². The van der Waals surface area contributed by atoms with E-state index in [0.717, 1.165) is 35.4 Å². The molecule has 0 aliphatic rings. The van der Waals surface area contributed by atoms with E-state index in [9.17, 15) is 0 Å². The lowest BCUT2D eigenvalue weighted by Crippen LogP contribution is -2.45. The van der Waals surface area contributed by atoms with Crippen molar-refractivity contribution >= 4 is 16.9 Å². The first-order chi connectivity index (χ1) is 9.08. The minimum absolute atomic E-state index is 0.181. The largest absolute Gasteiger partial charge is 0.367 e. The summed E-state index contributed by atoms with van der Waals surface area (Å²) in [7, 11) is 0. The Hall–Kier alpha value is -1.68. The van der Waals surface area contributed by atoms with Crippen LogP contribution in [0.15, 0.2) is 24.3 Å². The van der Waals surface area contributed by atoms with Crippen molar-refractivity contribution in [1.82, 2.24) is 9.97 Å². The summed E-state index contributed by atoms with van der Waals surface area (Å²) in [6.07, 6.45) is 1.88. The molecule has 2 rings (SSSR count). The summed E-state index contributed by atoms with van der Waals surface area (Å²) >= 11 is 0. The van der Waals surface area contributed by atoms with Crippen LogP contribution in [0, 0.1) is 6.92 Å². The lowest BCUT2D eigenvalue weighted by Gasteiger charge is -2.27. The van der Waals surface area contributed by atoms with Gasteiger partial charge in [-0.05, 0) is 31.9 Å². The number of nitrogens with two attached hydrogens (primary N) is 1. The lowest BCUT2D eigenvalue weighted by molar-refractivity contribution is 0.418. The van der Waals surface area contributed by atoms with Gasteiger partial charge in [0.05, 0.1) is 16.7 Å². The Balaban J connectivity index is 2.23. The average molecular weight is 258 g/mol. The highest BCUT2D eigenvalue weighted by Crippen LogP contribution is 2.18. The Morgan fingerprint density at radius 3 is 2.26 bits per heavy atom. The van der Waals surface area contributed by atoms with Crippen LogP contribution < -0.4 is 11.1 Å². The number of anilines is 1. The topological polar surface area (TPSA) is 63.8 Å². The molecule has 0 saturated heterocycles. The number of nitrogens with zero attached hydrogens (tertiary/aromatic N) is 2. The zero-order chi connectivity index (χ0) is 13.9. The first kappa shape index (κ1) is 13.7. The van der Waals surface area contributed by atoms with Crippen LogP contribution >= 0.6 is 0 Å². The SMILES string of the molecule is CCC(N)(CC)CNc1nc2ccccc2nc1C. The first-order valence-corrected chi connectivity index (χ1v) is 6.84. The van der Waals surface area contributed by atoms with Crippen molar-refractivity contribution in [2.75, 3.05) is 11.9 Å². The van der Waals surface area contributed by atoms with Gasteiger partial charge in [-0.25, -0.2) is 9.97 Å². The van der Waals surface area contributed by atoms with Gasteiger partial charge in [0.1, 0.15) is 5.82 Å². The molecule has 19 heavy (non-hydrogen) atoms. The second-order valence-corrected chi connectivity index (χ2v) is 5.07. The van der Waals surface area contributed by atoms with Crippen LogP contribution in [-0.2, 0) is 0 Å². The number of fused-ring (bicyclic) bond motifs is 1. The van der Waals surface area contributed by atoms with E-state index in [-0.39, 0.29) is 5.54 Å². The molecule has 0 spiro atoms. The Morgan fingerprint density at radius 2 is 1.68 bits per heavy atom. The molecule has 0 saturated carbocycles. The van der Waals surface area contributed by atoms with Gasteiger partial charge in [-0.1, -0.05) is 26.0 Å². The van der Waals surface area contributed by atoms with E-state index < -0.39 is 0 Å². The van der Waals surface area contributed by atoms with Gasteiger partial charge in [-0.3, -0.25) is 0 Å². The molecular formula is C15H22N4. The summed E-state index contributed by atoms with van der Waals surface area (Å²) < 4.78 is 0. The number of hydrogen-bond acceptors (Lipinski definition) is 4. The number of rotatable bonds is 5. The van der Waals surface area contributed by atoms with E-state index in [1.165, 1.54) is 0 Å². The van der Waals surface area contributed by atoms with E-state index in [0.29, 0.717) is 6.54 Å². The summed E-state index contributed by atoms with van der Waals surface area (Å²) in [4.78, 5) is 9.18. The molecule has 1 aromatic heterocycles. The number of aryl methyl sites for hydroxylation is 1. The van der Waals surface area contributed by atoms with Gasteiger partial charge in [0.2, 0.25) is 0 Å². The van der Waals surface area contributed by atoms with E-state index in [2.05, 4.69) is 29.1 Å². The second kappa shape index (κ2) is 5.53. The highest BCUT2D eigenvalue weighted by atomic mass is 15.0. The third kappa shape index (κ3) is 3.01. The van der Waals surface area contributed by atoms with E-state index in [4.69, 9.17) is 5.73 Å². The number of para-hydroxylation sites is 2. The van der Waals surface area contributed by atoms with Crippen molar-refractivity contribution in [2.24, 2.45) is 5.73 Å². The molecule has 1 heterocycles. The third-order valence-corrected chi connectivity index (χ3v) is 3.76. The molecule has 0 aliphatic carbocycles. The van der Waals surface area contributed by atoms with Gasteiger partial charge in [0.15, 0.2) is 0 Å². The van der Waals surface area contributed by atoms with Crippen LogP contribution in [0.5, 0.6) is 0 Å². The molecule has 4 nitrogen and oxygen atoms in total. The lowest BCUT2D eigenvalue weighted by atomic mass is 9.94. The monoisotopic (exact) mass is 258 g/mol. The van der Waals surface area contributed by atoms with Crippen molar-refractivity contribution in [1.29, 1.82) is 0 Å². The maximum atomic E-state index is 6.30. The Kier molecular flexibility index (Phi) is 4.00. The van der Waals surface area contributed by atoms with Crippen LogP contribution in [0.2, 0.25) is 0 Å². The van der Waals surface area contributed by atoms with Crippen LogP contribution in [-0.4, -0.2) is 22.1 Å². The second-order valence-electron chi connectivity index (χ2n) is 5.07. The molecule has 1 aromatic carbocycles. The van der Waals surface area contributed by atoms with Crippen LogP contribution in [0.25, 0.3) is 11.0 Å². The standard InChI is InChI=1S/C15H22N4/c1-4-15(16,5-2)10-17-14-11(3)18-12-8-6-7-9-13(12)19-14/h6-9H,4-5,10,16H2,1-3H3,(H,17,19). The van der Waals surface area contributed by atoms with Crippen molar-refractivity contribution in [3.63, 3.8) is 0 Å². The van der Waals surface area contributed by atoms with Crippen LogP contribution in [0.1, 0.15) is 32.4 Å². The number of nitrogens with one attached hydrogen (secondary N) is 1. The first-order valence-electron chi connectivity index (χ1n) is 6.84. The average Bonchev–Trinajstić information content (AvgIpc) is 2.44. The predicted octanol–water partition coefficient (Wildman–Crippen LogP) is 2.87. The molecule has 0 atom stereocenters. The Morgan fingerprint density at radius 1 is 1.11 bits per heavy atom. The molecule has 3 N–H and O–H groups in total. The molecular weight excluding hydrogens is 236 g/mol. The summed E-state index contributed by atoms with van der Waals surface area (Å²) in [5.74, 6) is 0.829. The smallest absolute Gasteiger partial charge is 0.148 e. The molecule has 2 aromatic rings. The maximum Gasteiger partial charge on any atom is 0.148 e. The van der Waals surface area contributed by atoms with E-state index >= 15 is 0 Å². The van der Waals surface area contributed by atoms with Crippen LogP contribution in [0.3, 0.4) is 0 Å². The Labute approximate surface area is 114 Å². The van der Waals surface area contributed by atoms with Crippen molar-refractivity contribution in [3.8, 4) is 0 Å². The molecule has 0 amide bonds. The number of hydrogen-bond donors (Lipinski definition) is 2. The normalized spacial score (nSPS) is 11.8. The summed E-state index contributed by atoms with van der Waals surface area (Å²) in [6.45, 7) is 6.92. The van der Waals surface area contributed by atoms with Gasteiger partial charge in [-0.15, -0.1) is 0 Å². The van der Waals surface area contributed by atoms with Gasteiger partial charge in [0, 0.05) is 12.1 Å². The molecule has 102 valence electrons. The molecule has 4 heteroatoms. The zero-order valence-electron chi connectivity index (χ0n) is 11.9. The zero-order valence-corrected chi connectivity index (χ0v) is 11.9. The third-order valence-electron chi connectivity index (χ3n) is 3.76. The summed E-state index contributed by atoms with van der Waals surface area (Å²) in [6, 6.07) is 7.90. The molecule has 0 fully saturated rings. The van der Waals surface area contributed by atoms with Gasteiger partial charge in [0.25, 0.3) is 0 Å². The Bertz CT molecular complexity index is 561. The van der Waals surface area contributed by atoms with Gasteiger partial charge >= 0.3 is 0 Å². The summed E-state index contributed by atoms with van der Waals surface area (Å²) in [5.41, 5.74) is 8.86. The number of aromatic nitrogens is 2. The van der Waals surface area contributed by atoms with Crippen molar-refractivity contribution in [2.45, 2.75) is 39.2 Å². The van der Waals surface area contributed by atoms with Gasteiger partial charge in [-0.2, -0.15) is 0 Å². The fourth-order valence-electron chi connectivity index (χ4n) is 2.02. The quantitative estimate of drug-likeness (QED) is 0.865. The highest BCUT2D eigenvalue weighted by molar-refractivity contribution is 5.76. The molecule has 0 radical (unpaired) electrons. The molecule has 0 aliphatic heterocycles. The predicted molar refractivity (Wildman–Crippen MR) is 80.3 cm³/mol. The van der Waals surface area contributed by atoms with Crippen molar-refractivity contribution in [3.05, 3.63) is 30.0 Å². The van der Waals surface area contributed by atoms with Crippen LogP contribution in [0.4, 0.5) is 5.82 Å². The minimum atomic E-state index is -0.181. The minimum Gasteiger partial charge on any atom is -0.367 e. The molecule has 0 bridgehead atoms. The maximum absolute atomic E-state index is 6.30. The highest BCUT2D eigenvalue weighted by Gasteiger charge is 2.20. The number of benzene rings is 1. The fraction of sp³-hybridized carbons (Fsp3) is 0.467. The molecule has 0 unspecified atom stereocenters. The van der Waals surface area contributed by atoms with E-state index in [1.807, 2.05) is 31.2 Å². The summed E-state index contributed by atoms with van der Waals surface area (Å²) in [5, 5.41) is 3.35. The van der Waals surface area contributed by atoms with E-state index in [1.54, 1.807) is 0 Å². The fourth-order valence-corrected chi connectivity index (χ4v) is 2.02.